The number of likely N-dealkylation sites (tertiary alicyclic amines) is 1. The van der Waals surface area contributed by atoms with Crippen molar-refractivity contribution in [2.75, 3.05) is 13.1 Å². The van der Waals surface area contributed by atoms with Crippen LogP contribution in [0.2, 0.25) is 0 Å². The van der Waals surface area contributed by atoms with Crippen molar-refractivity contribution in [1.82, 2.24) is 9.47 Å². The number of piperidine rings is 1. The van der Waals surface area contributed by atoms with Crippen LogP contribution in [-0.4, -0.2) is 46.1 Å². The molecule has 2 fully saturated rings. The van der Waals surface area contributed by atoms with E-state index in [4.69, 9.17) is 10.5 Å². The van der Waals surface area contributed by atoms with Crippen molar-refractivity contribution in [3.05, 3.63) is 35.5 Å². The number of oxime groups is 1. The molecule has 0 bridgehead atoms. The zero-order valence-corrected chi connectivity index (χ0v) is 19.2. The Hall–Kier alpha value is -2.54. The number of amides is 1. The number of carbonyl (C=O) groups is 1. The predicted octanol–water partition coefficient (Wildman–Crippen LogP) is 4.90. The van der Waals surface area contributed by atoms with Gasteiger partial charge in [-0.3, -0.25) is 0 Å². The maximum Gasteiger partial charge on any atom is 0.404 e. The number of primary amides is 1. The van der Waals surface area contributed by atoms with E-state index in [-0.39, 0.29) is 6.61 Å². The SMILES string of the molecule is CC(C)C1CCC(N2CCC(n3c(COC(N)=O)c(C=NO)c4ccccc43)CC2)CC1. The van der Waals surface area contributed by atoms with Gasteiger partial charge in [-0.1, -0.05) is 37.2 Å². The quantitative estimate of drug-likeness (QED) is 0.380. The predicted molar refractivity (Wildman–Crippen MR) is 126 cm³/mol. The second-order valence-corrected chi connectivity index (χ2v) is 9.68. The number of carbonyl (C=O) groups excluding carboxylic acids is 1. The van der Waals surface area contributed by atoms with E-state index in [0.717, 1.165) is 59.9 Å². The molecule has 0 spiro atoms. The number of hydrogen-bond acceptors (Lipinski definition) is 5. The molecule has 1 amide bonds. The molecule has 1 saturated carbocycles. The van der Waals surface area contributed by atoms with E-state index in [1.165, 1.54) is 31.9 Å². The van der Waals surface area contributed by atoms with Crippen LogP contribution in [0.1, 0.15) is 69.7 Å². The van der Waals surface area contributed by atoms with Crippen molar-refractivity contribution in [2.45, 2.75) is 71.1 Å². The van der Waals surface area contributed by atoms with Crippen LogP contribution in [0.4, 0.5) is 4.79 Å². The lowest BCUT2D eigenvalue weighted by molar-refractivity contribution is 0.0876. The minimum atomic E-state index is -0.805. The van der Waals surface area contributed by atoms with Gasteiger partial charge in [0.05, 0.1) is 11.9 Å². The Morgan fingerprint density at radius 2 is 1.84 bits per heavy atom. The largest absolute Gasteiger partial charge is 0.443 e. The van der Waals surface area contributed by atoms with Crippen molar-refractivity contribution < 1.29 is 14.7 Å². The molecule has 1 aliphatic heterocycles. The summed E-state index contributed by atoms with van der Waals surface area (Å²) in [6, 6.07) is 9.09. The number of para-hydroxylation sites is 1. The number of benzene rings is 1. The zero-order chi connectivity index (χ0) is 22.7. The molecule has 1 saturated heterocycles. The molecule has 1 aliphatic carbocycles. The number of ether oxygens (including phenoxy) is 1. The molecule has 174 valence electrons. The second kappa shape index (κ2) is 9.94. The van der Waals surface area contributed by atoms with Gasteiger partial charge in [-0.05, 0) is 56.4 Å². The van der Waals surface area contributed by atoms with Crippen LogP contribution in [0.3, 0.4) is 0 Å². The van der Waals surface area contributed by atoms with Gasteiger partial charge in [-0.15, -0.1) is 0 Å². The average molecular weight is 441 g/mol. The number of rotatable bonds is 6. The maximum absolute atomic E-state index is 11.3. The highest BCUT2D eigenvalue weighted by molar-refractivity contribution is 6.01. The van der Waals surface area contributed by atoms with Crippen molar-refractivity contribution in [2.24, 2.45) is 22.7 Å². The normalized spacial score (nSPS) is 23.3. The Morgan fingerprint density at radius 3 is 2.47 bits per heavy atom. The molecule has 2 aliphatic rings. The maximum atomic E-state index is 11.3. The third kappa shape index (κ3) is 4.63. The Balaban J connectivity index is 1.54. The van der Waals surface area contributed by atoms with Crippen molar-refractivity contribution >= 4 is 23.2 Å². The van der Waals surface area contributed by atoms with Crippen LogP contribution in [0, 0.1) is 11.8 Å². The van der Waals surface area contributed by atoms with Crippen LogP contribution in [0.15, 0.2) is 29.4 Å². The lowest BCUT2D eigenvalue weighted by Crippen LogP contribution is -2.44. The molecule has 0 unspecified atom stereocenters. The molecule has 4 rings (SSSR count). The fourth-order valence-electron chi connectivity index (χ4n) is 5.89. The summed E-state index contributed by atoms with van der Waals surface area (Å²) in [5, 5.41) is 13.5. The minimum absolute atomic E-state index is 0.0603. The third-order valence-corrected chi connectivity index (χ3v) is 7.66. The summed E-state index contributed by atoms with van der Waals surface area (Å²) in [4.78, 5) is 14.0. The first kappa shape index (κ1) is 22.6. The van der Waals surface area contributed by atoms with Gasteiger partial charge >= 0.3 is 6.09 Å². The summed E-state index contributed by atoms with van der Waals surface area (Å²) in [6.07, 6.45) is 8.04. The highest BCUT2D eigenvalue weighted by Crippen LogP contribution is 2.37. The van der Waals surface area contributed by atoms with Gasteiger partial charge < -0.3 is 25.1 Å². The third-order valence-electron chi connectivity index (χ3n) is 7.66. The lowest BCUT2D eigenvalue weighted by Gasteiger charge is -2.42. The Kier molecular flexibility index (Phi) is 7.04. The monoisotopic (exact) mass is 440 g/mol. The molecule has 7 nitrogen and oxygen atoms in total. The minimum Gasteiger partial charge on any atom is -0.443 e. The first-order chi connectivity index (χ1) is 15.5. The molecule has 7 heteroatoms. The summed E-state index contributed by atoms with van der Waals surface area (Å²) >= 11 is 0. The number of nitrogens with two attached hydrogens (primary N) is 1. The molecule has 32 heavy (non-hydrogen) atoms. The van der Waals surface area contributed by atoms with E-state index in [1.807, 2.05) is 18.2 Å². The second-order valence-electron chi connectivity index (χ2n) is 9.68. The van der Waals surface area contributed by atoms with Gasteiger partial charge in [0.15, 0.2) is 0 Å². The van der Waals surface area contributed by atoms with Gasteiger partial charge in [0.1, 0.15) is 6.61 Å². The number of fused-ring (bicyclic) bond motifs is 1. The van der Waals surface area contributed by atoms with Crippen LogP contribution >= 0.6 is 0 Å². The van der Waals surface area contributed by atoms with Crippen molar-refractivity contribution in [3.63, 3.8) is 0 Å². The van der Waals surface area contributed by atoms with E-state index in [1.54, 1.807) is 0 Å². The Labute approximate surface area is 190 Å². The van der Waals surface area contributed by atoms with Gasteiger partial charge in [0, 0.05) is 41.6 Å². The lowest BCUT2D eigenvalue weighted by atomic mass is 9.79. The molecular formula is C25H36N4O3. The molecule has 0 atom stereocenters. The fourth-order valence-corrected chi connectivity index (χ4v) is 5.89. The number of nitrogens with zero attached hydrogens (tertiary/aromatic N) is 3. The highest BCUT2D eigenvalue weighted by atomic mass is 16.5. The molecule has 1 aromatic carbocycles. The summed E-state index contributed by atoms with van der Waals surface area (Å²) in [5.41, 5.74) is 7.94. The van der Waals surface area contributed by atoms with Crippen molar-refractivity contribution in [3.8, 4) is 0 Å². The Bertz CT molecular complexity index is 951. The van der Waals surface area contributed by atoms with Crippen LogP contribution in [0.5, 0.6) is 0 Å². The van der Waals surface area contributed by atoms with E-state index in [0.29, 0.717) is 12.1 Å². The van der Waals surface area contributed by atoms with Gasteiger partial charge in [0.2, 0.25) is 0 Å². The highest BCUT2D eigenvalue weighted by Gasteiger charge is 2.32. The van der Waals surface area contributed by atoms with Gasteiger partial charge in [-0.2, -0.15) is 0 Å². The van der Waals surface area contributed by atoms with Gasteiger partial charge in [0.25, 0.3) is 0 Å². The Morgan fingerprint density at radius 1 is 1.16 bits per heavy atom. The van der Waals surface area contributed by atoms with E-state index >= 15 is 0 Å². The molecule has 2 heterocycles. The first-order valence-corrected chi connectivity index (χ1v) is 11.9. The zero-order valence-electron chi connectivity index (χ0n) is 19.2. The summed E-state index contributed by atoms with van der Waals surface area (Å²) < 4.78 is 7.47. The number of aromatic nitrogens is 1. The molecule has 3 N–H and O–H groups in total. The molecule has 0 radical (unpaired) electrons. The van der Waals surface area contributed by atoms with Crippen molar-refractivity contribution in [1.29, 1.82) is 0 Å². The van der Waals surface area contributed by atoms with E-state index in [9.17, 15) is 10.0 Å². The first-order valence-electron chi connectivity index (χ1n) is 11.9. The van der Waals surface area contributed by atoms with Gasteiger partial charge in [-0.25, -0.2) is 4.79 Å². The topological polar surface area (TPSA) is 93.1 Å². The average Bonchev–Trinajstić information content (AvgIpc) is 3.11. The van der Waals surface area contributed by atoms with Crippen LogP contribution < -0.4 is 5.73 Å². The van der Waals surface area contributed by atoms with E-state index < -0.39 is 6.09 Å². The standard InChI is InChI=1S/C25H36N4O3/c1-17(2)18-7-9-19(10-8-18)28-13-11-20(12-14-28)29-23-6-4-3-5-21(23)22(15-27-31)24(29)16-32-25(26)30/h3-6,15,17-20,31H,7-14,16H2,1-2H3,(H2,26,30). The number of hydrogen-bond donors (Lipinski definition) is 2. The summed E-state index contributed by atoms with van der Waals surface area (Å²) in [6.45, 7) is 6.92. The van der Waals surface area contributed by atoms with Crippen LogP contribution in [0.25, 0.3) is 10.9 Å². The summed E-state index contributed by atoms with van der Waals surface area (Å²) in [5.74, 6) is 1.68. The molecular weight excluding hydrogens is 404 g/mol. The molecule has 2 aromatic rings. The van der Waals surface area contributed by atoms with E-state index in [2.05, 4.69) is 34.5 Å². The summed E-state index contributed by atoms with van der Waals surface area (Å²) in [7, 11) is 0. The fraction of sp³-hybridized carbons (Fsp3) is 0.600. The smallest absolute Gasteiger partial charge is 0.404 e. The van der Waals surface area contributed by atoms with Crippen LogP contribution in [-0.2, 0) is 11.3 Å². The molecule has 1 aromatic heterocycles.